The minimum Gasteiger partial charge on any atom is -0.326 e. The zero-order chi connectivity index (χ0) is 17.9. The lowest BCUT2D eigenvalue weighted by Gasteiger charge is -2.22. The van der Waals surface area contributed by atoms with E-state index in [2.05, 4.69) is 10.3 Å². The van der Waals surface area contributed by atoms with Gasteiger partial charge in [-0.2, -0.15) is 0 Å². The van der Waals surface area contributed by atoms with E-state index in [0.29, 0.717) is 23.0 Å². The standard InChI is InChI=1S/C19H17N3O2S2/c23-17(15-8-4-10-22(15)18(24)16-9-5-11-25-16)21-19-20-14(12-26-19)13-6-2-1-3-7-13/h1-3,5-7,9,11-12,15H,4,8,10H2,(H,20,21,23). The van der Waals surface area contributed by atoms with Crippen LogP contribution < -0.4 is 5.32 Å². The molecule has 1 aliphatic rings. The van der Waals surface area contributed by atoms with Crippen LogP contribution in [0.25, 0.3) is 11.3 Å². The zero-order valence-electron chi connectivity index (χ0n) is 13.9. The molecule has 2 aromatic heterocycles. The van der Waals surface area contributed by atoms with Gasteiger partial charge in [0, 0.05) is 17.5 Å². The first-order valence-electron chi connectivity index (χ1n) is 8.38. The number of carbonyl (C=O) groups is 2. The van der Waals surface area contributed by atoms with Crippen LogP contribution in [0, 0.1) is 0 Å². The number of aromatic nitrogens is 1. The number of nitrogens with one attached hydrogen (secondary N) is 1. The van der Waals surface area contributed by atoms with Gasteiger partial charge in [0.15, 0.2) is 5.13 Å². The van der Waals surface area contributed by atoms with Crippen molar-refractivity contribution < 1.29 is 9.59 Å². The summed E-state index contributed by atoms with van der Waals surface area (Å²) < 4.78 is 0. The highest BCUT2D eigenvalue weighted by Gasteiger charge is 2.35. The molecular formula is C19H17N3O2S2. The Bertz CT molecular complexity index is 906. The van der Waals surface area contributed by atoms with Gasteiger partial charge in [-0.05, 0) is 24.3 Å². The molecule has 0 saturated carbocycles. The van der Waals surface area contributed by atoms with Crippen LogP contribution in [0.5, 0.6) is 0 Å². The first-order chi connectivity index (χ1) is 12.7. The number of rotatable bonds is 4. The molecule has 4 rings (SSSR count). The van der Waals surface area contributed by atoms with Crippen LogP contribution in [0.15, 0.2) is 53.2 Å². The van der Waals surface area contributed by atoms with Crippen LogP contribution >= 0.6 is 22.7 Å². The van der Waals surface area contributed by atoms with E-state index in [9.17, 15) is 9.59 Å². The summed E-state index contributed by atoms with van der Waals surface area (Å²) in [6, 6.07) is 13.1. The molecule has 2 amide bonds. The average Bonchev–Trinajstić information content (AvgIpc) is 3.42. The Morgan fingerprint density at radius 3 is 2.73 bits per heavy atom. The average molecular weight is 383 g/mol. The molecule has 3 aromatic rings. The van der Waals surface area contributed by atoms with E-state index >= 15 is 0 Å². The molecule has 0 radical (unpaired) electrons. The van der Waals surface area contributed by atoms with Crippen LogP contribution in [0.1, 0.15) is 22.5 Å². The summed E-state index contributed by atoms with van der Waals surface area (Å²) in [7, 11) is 0. The molecule has 0 bridgehead atoms. The number of likely N-dealkylation sites (tertiary alicyclic amines) is 1. The van der Waals surface area contributed by atoms with Crippen molar-refractivity contribution in [1.29, 1.82) is 0 Å². The summed E-state index contributed by atoms with van der Waals surface area (Å²) in [5, 5.41) is 7.24. The highest BCUT2D eigenvalue weighted by molar-refractivity contribution is 7.14. The normalized spacial score (nSPS) is 16.6. The minimum atomic E-state index is -0.436. The molecule has 1 atom stereocenters. The molecule has 1 N–H and O–H groups in total. The highest BCUT2D eigenvalue weighted by Crippen LogP contribution is 2.27. The fraction of sp³-hybridized carbons (Fsp3) is 0.211. The van der Waals surface area contributed by atoms with Gasteiger partial charge in [-0.25, -0.2) is 4.98 Å². The summed E-state index contributed by atoms with van der Waals surface area (Å²) in [5.74, 6) is -0.233. The molecule has 5 nitrogen and oxygen atoms in total. The topological polar surface area (TPSA) is 62.3 Å². The van der Waals surface area contributed by atoms with E-state index in [1.807, 2.05) is 47.2 Å². The fourth-order valence-electron chi connectivity index (χ4n) is 3.09. The molecule has 0 spiro atoms. The molecule has 3 heterocycles. The van der Waals surface area contributed by atoms with Crippen molar-refractivity contribution in [3.8, 4) is 11.3 Å². The Labute approximate surface area is 159 Å². The van der Waals surface area contributed by atoms with Crippen molar-refractivity contribution >= 4 is 39.6 Å². The lowest BCUT2D eigenvalue weighted by atomic mass is 10.2. The quantitative estimate of drug-likeness (QED) is 0.737. The van der Waals surface area contributed by atoms with Crippen molar-refractivity contribution in [1.82, 2.24) is 9.88 Å². The molecule has 1 fully saturated rings. The maximum atomic E-state index is 12.7. The van der Waals surface area contributed by atoms with Crippen LogP contribution in [0.4, 0.5) is 5.13 Å². The summed E-state index contributed by atoms with van der Waals surface area (Å²) >= 11 is 2.80. The van der Waals surface area contributed by atoms with Crippen LogP contribution in [-0.2, 0) is 4.79 Å². The van der Waals surface area contributed by atoms with Gasteiger partial charge in [-0.3, -0.25) is 9.59 Å². The smallest absolute Gasteiger partial charge is 0.264 e. The number of hydrogen-bond donors (Lipinski definition) is 1. The number of anilines is 1. The highest BCUT2D eigenvalue weighted by atomic mass is 32.1. The van der Waals surface area contributed by atoms with E-state index in [1.54, 1.807) is 11.0 Å². The van der Waals surface area contributed by atoms with E-state index in [4.69, 9.17) is 0 Å². The molecule has 26 heavy (non-hydrogen) atoms. The third-order valence-corrected chi connectivity index (χ3v) is 5.97. The number of nitrogens with zero attached hydrogens (tertiary/aromatic N) is 2. The van der Waals surface area contributed by atoms with Crippen molar-refractivity contribution in [2.75, 3.05) is 11.9 Å². The third kappa shape index (κ3) is 3.40. The molecule has 0 aliphatic carbocycles. The SMILES string of the molecule is O=C(Nc1nc(-c2ccccc2)cs1)C1CCCN1C(=O)c1cccs1. The first-order valence-corrected chi connectivity index (χ1v) is 10.1. The molecule has 7 heteroatoms. The van der Waals surface area contributed by atoms with Crippen molar-refractivity contribution in [2.24, 2.45) is 0 Å². The molecular weight excluding hydrogens is 366 g/mol. The summed E-state index contributed by atoms with van der Waals surface area (Å²) in [4.78, 5) is 32.2. The lowest BCUT2D eigenvalue weighted by molar-refractivity contribution is -0.119. The van der Waals surface area contributed by atoms with E-state index in [-0.39, 0.29) is 11.8 Å². The van der Waals surface area contributed by atoms with Gasteiger partial charge in [0.1, 0.15) is 6.04 Å². The summed E-state index contributed by atoms with van der Waals surface area (Å²) in [5.41, 5.74) is 1.85. The molecule has 1 aliphatic heterocycles. The van der Waals surface area contributed by atoms with Gasteiger partial charge >= 0.3 is 0 Å². The van der Waals surface area contributed by atoms with E-state index in [0.717, 1.165) is 17.7 Å². The largest absolute Gasteiger partial charge is 0.326 e. The Morgan fingerprint density at radius 2 is 1.96 bits per heavy atom. The maximum absolute atomic E-state index is 12.7. The number of carbonyl (C=O) groups excluding carboxylic acids is 2. The van der Waals surface area contributed by atoms with Gasteiger partial charge in [-0.15, -0.1) is 22.7 Å². The number of thiazole rings is 1. The predicted molar refractivity (Wildman–Crippen MR) is 105 cm³/mol. The second kappa shape index (κ2) is 7.39. The van der Waals surface area contributed by atoms with Gasteiger partial charge in [0.2, 0.25) is 5.91 Å². The maximum Gasteiger partial charge on any atom is 0.264 e. The lowest BCUT2D eigenvalue weighted by Crippen LogP contribution is -2.42. The number of amides is 2. The summed E-state index contributed by atoms with van der Waals surface area (Å²) in [6.45, 7) is 0.613. The second-order valence-electron chi connectivity index (χ2n) is 6.03. The monoisotopic (exact) mass is 383 g/mol. The Balaban J connectivity index is 1.46. The minimum absolute atomic E-state index is 0.0678. The Morgan fingerprint density at radius 1 is 1.12 bits per heavy atom. The predicted octanol–water partition coefficient (Wildman–Crippen LogP) is 4.11. The van der Waals surface area contributed by atoms with Crippen molar-refractivity contribution in [3.63, 3.8) is 0 Å². The third-order valence-electron chi connectivity index (χ3n) is 4.35. The van der Waals surface area contributed by atoms with Gasteiger partial charge in [0.25, 0.3) is 5.91 Å². The Hall–Kier alpha value is -2.51. The van der Waals surface area contributed by atoms with Crippen molar-refractivity contribution in [3.05, 3.63) is 58.1 Å². The van der Waals surface area contributed by atoms with Crippen molar-refractivity contribution in [2.45, 2.75) is 18.9 Å². The van der Waals surface area contributed by atoms with Crippen LogP contribution in [0.2, 0.25) is 0 Å². The number of hydrogen-bond acceptors (Lipinski definition) is 5. The molecule has 132 valence electrons. The fourth-order valence-corrected chi connectivity index (χ4v) is 4.49. The second-order valence-corrected chi connectivity index (χ2v) is 7.83. The molecule has 1 unspecified atom stereocenters. The summed E-state index contributed by atoms with van der Waals surface area (Å²) in [6.07, 6.45) is 1.52. The van der Waals surface area contributed by atoms with Crippen LogP contribution in [0.3, 0.4) is 0 Å². The molecule has 1 aromatic carbocycles. The number of benzene rings is 1. The zero-order valence-corrected chi connectivity index (χ0v) is 15.6. The number of thiophene rings is 1. The van der Waals surface area contributed by atoms with E-state index in [1.165, 1.54) is 22.7 Å². The van der Waals surface area contributed by atoms with E-state index < -0.39 is 6.04 Å². The first kappa shape index (κ1) is 16.9. The van der Waals surface area contributed by atoms with Gasteiger partial charge in [0.05, 0.1) is 10.6 Å². The van der Waals surface area contributed by atoms with Crippen LogP contribution in [-0.4, -0.2) is 34.3 Å². The van der Waals surface area contributed by atoms with Gasteiger partial charge < -0.3 is 10.2 Å². The van der Waals surface area contributed by atoms with Gasteiger partial charge in [-0.1, -0.05) is 36.4 Å². The molecule has 1 saturated heterocycles. The Kier molecular flexibility index (Phi) is 4.81.